The molecule has 3 N–H and O–H groups in total. The van der Waals surface area contributed by atoms with Gasteiger partial charge in [-0.1, -0.05) is 101 Å². The van der Waals surface area contributed by atoms with Crippen molar-refractivity contribution < 1.29 is 19.1 Å². The smallest absolute Gasteiger partial charge is 0.301 e. The van der Waals surface area contributed by atoms with E-state index in [9.17, 15) is 14.4 Å². The molecule has 5 rings (SSSR count). The molecule has 0 aliphatic carbocycles. The number of ether oxygens (including phenoxy) is 2. The Morgan fingerprint density at radius 2 is 1.50 bits per heavy atom. The molecule has 2 amide bonds. The minimum Gasteiger partial charge on any atom is -0.494 e. The molecule has 14 heteroatoms. The van der Waals surface area contributed by atoms with Gasteiger partial charge in [0.25, 0.3) is 11.8 Å². The van der Waals surface area contributed by atoms with Gasteiger partial charge in [0.2, 0.25) is 0 Å². The van der Waals surface area contributed by atoms with Gasteiger partial charge in [-0.3, -0.25) is 19.5 Å². The number of H-pyrrole nitrogens is 1. The lowest BCUT2D eigenvalue weighted by molar-refractivity contribution is -0.118. The van der Waals surface area contributed by atoms with E-state index >= 15 is 0 Å². The Labute approximate surface area is 341 Å². The number of aromatic amines is 1. The van der Waals surface area contributed by atoms with Crippen molar-refractivity contribution in [3.8, 4) is 17.2 Å². The van der Waals surface area contributed by atoms with E-state index in [1.54, 1.807) is 42.5 Å². The van der Waals surface area contributed by atoms with Gasteiger partial charge in [0, 0.05) is 27.9 Å². The Balaban J connectivity index is 1.38. The van der Waals surface area contributed by atoms with Crippen LogP contribution in [0.4, 0.5) is 22.9 Å². The van der Waals surface area contributed by atoms with Crippen LogP contribution in [-0.2, 0) is 15.6 Å². The van der Waals surface area contributed by atoms with E-state index < -0.39 is 17.4 Å². The fourth-order valence-electron chi connectivity index (χ4n) is 5.69. The van der Waals surface area contributed by atoms with Gasteiger partial charge in [-0.15, -0.1) is 5.11 Å². The van der Waals surface area contributed by atoms with Crippen LogP contribution in [0.3, 0.4) is 0 Å². The zero-order valence-corrected chi connectivity index (χ0v) is 34.6. The van der Waals surface area contributed by atoms with E-state index in [0.717, 1.165) is 23.1 Å². The molecular formula is C42H45Cl3N6O5. The number of nitrogens with zero attached hydrogens (tertiary/aromatic N) is 3. The lowest BCUT2D eigenvalue weighted by Crippen LogP contribution is -2.24. The Hall–Kier alpha value is -5.10. The molecule has 294 valence electrons. The normalized spacial score (nSPS) is 11.8. The van der Waals surface area contributed by atoms with Gasteiger partial charge >= 0.3 is 5.56 Å². The molecule has 0 spiro atoms. The van der Waals surface area contributed by atoms with Crippen molar-refractivity contribution in [3.05, 3.63) is 121 Å². The molecule has 0 saturated carbocycles. The number of aromatic nitrogens is 2. The SMILES string of the molecule is CCOc1cccc(N=Nc2c(NC(=O)c3cccc(NC(=O)COc4ccc(C(C)(C)CC)cc4C(C)(C)CC)c3)[nH]n(-c3c(Cl)cc(Cl)cc3Cl)c2=O)c1. The summed E-state index contributed by atoms with van der Waals surface area (Å²) < 4.78 is 12.7. The highest BCUT2D eigenvalue weighted by Gasteiger charge is 2.27. The van der Waals surface area contributed by atoms with Crippen molar-refractivity contribution in [2.45, 2.75) is 72.1 Å². The van der Waals surface area contributed by atoms with Gasteiger partial charge in [-0.25, -0.2) is 4.68 Å². The largest absolute Gasteiger partial charge is 0.494 e. The van der Waals surface area contributed by atoms with Crippen molar-refractivity contribution in [1.29, 1.82) is 0 Å². The van der Waals surface area contributed by atoms with Gasteiger partial charge < -0.3 is 20.1 Å². The second-order valence-electron chi connectivity index (χ2n) is 14.4. The van der Waals surface area contributed by atoms with Crippen LogP contribution in [0.25, 0.3) is 5.69 Å². The maximum Gasteiger partial charge on any atom is 0.301 e. The molecule has 0 aliphatic heterocycles. The monoisotopic (exact) mass is 818 g/mol. The second kappa shape index (κ2) is 17.8. The summed E-state index contributed by atoms with van der Waals surface area (Å²) in [6.07, 6.45) is 1.86. The quantitative estimate of drug-likeness (QED) is 0.0903. The summed E-state index contributed by atoms with van der Waals surface area (Å²) >= 11 is 19.0. The fourth-order valence-corrected chi connectivity index (χ4v) is 6.67. The highest BCUT2D eigenvalue weighted by Crippen LogP contribution is 2.39. The highest BCUT2D eigenvalue weighted by molar-refractivity contribution is 6.40. The third kappa shape index (κ3) is 9.82. The number of carbonyl (C=O) groups excluding carboxylic acids is 2. The first kappa shape index (κ1) is 42.1. The lowest BCUT2D eigenvalue weighted by Gasteiger charge is -2.30. The fraction of sp³-hybridized carbons (Fsp3) is 0.310. The number of hydrogen-bond donors (Lipinski definition) is 3. The van der Waals surface area contributed by atoms with Crippen LogP contribution in [0.1, 0.15) is 82.8 Å². The predicted octanol–water partition coefficient (Wildman–Crippen LogP) is 11.6. The molecule has 0 unspecified atom stereocenters. The highest BCUT2D eigenvalue weighted by atomic mass is 35.5. The van der Waals surface area contributed by atoms with Crippen molar-refractivity contribution in [1.82, 2.24) is 9.78 Å². The van der Waals surface area contributed by atoms with Crippen molar-refractivity contribution in [2.24, 2.45) is 10.2 Å². The number of rotatable bonds is 15. The predicted molar refractivity (Wildman–Crippen MR) is 225 cm³/mol. The van der Waals surface area contributed by atoms with Crippen LogP contribution < -0.4 is 25.7 Å². The summed E-state index contributed by atoms with van der Waals surface area (Å²) in [6.45, 7) is 15.1. The molecule has 0 saturated heterocycles. The number of azo groups is 1. The first-order valence-electron chi connectivity index (χ1n) is 18.2. The number of halogens is 3. The van der Waals surface area contributed by atoms with Gasteiger partial charge in [-0.2, -0.15) is 5.11 Å². The van der Waals surface area contributed by atoms with Crippen LogP contribution in [-0.4, -0.2) is 34.8 Å². The first-order chi connectivity index (χ1) is 26.6. The maximum absolute atomic E-state index is 13.8. The molecule has 0 radical (unpaired) electrons. The Kier molecular flexibility index (Phi) is 13.4. The van der Waals surface area contributed by atoms with Gasteiger partial charge in [0.15, 0.2) is 18.1 Å². The lowest BCUT2D eigenvalue weighted by atomic mass is 9.76. The standard InChI is InChI=1S/C42H45Cl3N6O5/c1-8-41(4,5)26-17-18-34(31(20-26)42(6,7)9-2)56-24-35(52)46-28-14-11-13-25(19-28)39(53)47-38-36(49-48-29-15-12-16-30(23-29)55-10-3)40(54)51(50-38)37-32(44)21-27(43)22-33(37)45/h11-23,50H,8-10,24H2,1-7H3,(H,46,52)(H,47,53). The average Bonchev–Trinajstić information content (AvgIpc) is 3.46. The molecule has 0 bridgehead atoms. The molecule has 5 aromatic rings. The Morgan fingerprint density at radius 1 is 0.804 bits per heavy atom. The topological polar surface area (TPSA) is 139 Å². The number of nitrogens with one attached hydrogen (secondary N) is 3. The van der Waals surface area contributed by atoms with Crippen molar-refractivity contribution >= 4 is 69.5 Å². The third-order valence-electron chi connectivity index (χ3n) is 9.73. The van der Waals surface area contributed by atoms with Crippen LogP contribution >= 0.6 is 34.8 Å². The molecular weight excluding hydrogens is 775 g/mol. The molecule has 0 fully saturated rings. The zero-order valence-electron chi connectivity index (χ0n) is 32.4. The van der Waals surface area contributed by atoms with E-state index in [1.165, 1.54) is 23.8 Å². The van der Waals surface area contributed by atoms with E-state index in [-0.39, 0.29) is 55.3 Å². The van der Waals surface area contributed by atoms with E-state index in [0.29, 0.717) is 29.5 Å². The zero-order chi connectivity index (χ0) is 40.8. The average molecular weight is 820 g/mol. The molecule has 4 aromatic carbocycles. The Morgan fingerprint density at radius 3 is 2.18 bits per heavy atom. The van der Waals surface area contributed by atoms with E-state index in [1.807, 2.05) is 13.0 Å². The minimum atomic E-state index is -0.702. The number of amides is 2. The third-order valence-corrected chi connectivity index (χ3v) is 10.5. The van der Waals surface area contributed by atoms with E-state index in [2.05, 4.69) is 79.6 Å². The van der Waals surface area contributed by atoms with Gasteiger partial charge in [-0.05, 0) is 84.7 Å². The second-order valence-corrected chi connectivity index (χ2v) is 15.6. The summed E-state index contributed by atoms with van der Waals surface area (Å²) in [7, 11) is 0. The Bertz CT molecular complexity index is 2310. The van der Waals surface area contributed by atoms with Crippen molar-refractivity contribution in [3.63, 3.8) is 0 Å². The molecule has 1 heterocycles. The first-order valence-corrected chi connectivity index (χ1v) is 19.3. The molecule has 0 atom stereocenters. The maximum atomic E-state index is 13.8. The van der Waals surface area contributed by atoms with Gasteiger partial charge in [0.1, 0.15) is 17.2 Å². The summed E-state index contributed by atoms with van der Waals surface area (Å²) in [5.74, 6) is 0.101. The van der Waals surface area contributed by atoms with Crippen molar-refractivity contribution in [2.75, 3.05) is 23.8 Å². The number of anilines is 2. The van der Waals surface area contributed by atoms with Crippen LogP contribution in [0, 0.1) is 0 Å². The summed E-state index contributed by atoms with van der Waals surface area (Å²) in [5, 5.41) is 17.2. The van der Waals surface area contributed by atoms with Gasteiger partial charge in [0.05, 0.1) is 22.3 Å². The summed E-state index contributed by atoms with van der Waals surface area (Å²) in [4.78, 5) is 40.6. The summed E-state index contributed by atoms with van der Waals surface area (Å²) in [6, 6.07) is 22.2. The summed E-state index contributed by atoms with van der Waals surface area (Å²) in [5.41, 5.74) is 2.16. The molecule has 56 heavy (non-hydrogen) atoms. The van der Waals surface area contributed by atoms with Crippen LogP contribution in [0.15, 0.2) is 93.9 Å². The number of hydrogen-bond acceptors (Lipinski definition) is 7. The molecule has 1 aromatic heterocycles. The molecule has 0 aliphatic rings. The minimum absolute atomic E-state index is 0.00861. The number of benzene rings is 4. The molecule has 11 nitrogen and oxygen atoms in total. The van der Waals surface area contributed by atoms with E-state index in [4.69, 9.17) is 44.3 Å². The van der Waals surface area contributed by atoms with Crippen LogP contribution in [0.2, 0.25) is 15.1 Å². The van der Waals surface area contributed by atoms with Crippen LogP contribution in [0.5, 0.6) is 11.5 Å². The number of carbonyl (C=O) groups is 2.